The van der Waals surface area contributed by atoms with Crippen molar-refractivity contribution in [1.29, 1.82) is 0 Å². The summed E-state index contributed by atoms with van der Waals surface area (Å²) in [7, 11) is 0. The van der Waals surface area contributed by atoms with Crippen molar-refractivity contribution in [2.24, 2.45) is 0 Å². The van der Waals surface area contributed by atoms with Crippen molar-refractivity contribution >= 4 is 17.4 Å². The van der Waals surface area contributed by atoms with Crippen molar-refractivity contribution in [3.63, 3.8) is 0 Å². The normalized spacial score (nSPS) is 14.9. The minimum atomic E-state index is 0.474. The van der Waals surface area contributed by atoms with Crippen molar-refractivity contribution in [2.75, 3.05) is 5.32 Å². The van der Waals surface area contributed by atoms with Crippen LogP contribution in [-0.4, -0.2) is 25.1 Å². The summed E-state index contributed by atoms with van der Waals surface area (Å²) in [6.45, 7) is 0.539. The number of nitrogens with one attached hydrogen (secondary N) is 2. The van der Waals surface area contributed by atoms with Crippen LogP contribution in [0.3, 0.4) is 0 Å². The molecule has 88 valence electrons. The van der Waals surface area contributed by atoms with Gasteiger partial charge in [0.15, 0.2) is 0 Å². The van der Waals surface area contributed by atoms with Gasteiger partial charge in [-0.1, -0.05) is 11.6 Å². The van der Waals surface area contributed by atoms with E-state index >= 15 is 0 Å². The molecule has 2 aromatic heterocycles. The number of hydrogen-bond donors (Lipinski definition) is 2. The number of anilines is 1. The van der Waals surface area contributed by atoms with Crippen LogP contribution in [-0.2, 0) is 6.54 Å². The molecule has 0 unspecified atom stereocenters. The summed E-state index contributed by atoms with van der Waals surface area (Å²) in [5.41, 5.74) is 0. The Morgan fingerprint density at radius 1 is 1.41 bits per heavy atom. The Bertz CT molecular complexity index is 508. The quantitative estimate of drug-likeness (QED) is 0.808. The Balaban J connectivity index is 1.73. The summed E-state index contributed by atoms with van der Waals surface area (Å²) in [6, 6.07) is 1.71. The van der Waals surface area contributed by atoms with Gasteiger partial charge in [-0.15, -0.1) is 0 Å². The van der Waals surface area contributed by atoms with Gasteiger partial charge in [0.05, 0.1) is 6.54 Å². The van der Waals surface area contributed by atoms with Crippen molar-refractivity contribution in [1.82, 2.24) is 25.1 Å². The lowest BCUT2D eigenvalue weighted by Gasteiger charge is -2.05. The standard InChI is InChI=1S/C10H11ClN6/c11-7-3-8(12-4-9-13-5-14-17-9)16-10(15-7)6-1-2-6/h3,5-6H,1-2,4H2,(H,12,15,16)(H,13,14,17). The Hall–Kier alpha value is -1.69. The van der Waals surface area contributed by atoms with Gasteiger partial charge < -0.3 is 5.32 Å². The molecule has 0 bridgehead atoms. The van der Waals surface area contributed by atoms with Gasteiger partial charge >= 0.3 is 0 Å². The van der Waals surface area contributed by atoms with E-state index < -0.39 is 0 Å². The molecule has 0 aromatic carbocycles. The highest BCUT2D eigenvalue weighted by atomic mass is 35.5. The monoisotopic (exact) mass is 250 g/mol. The SMILES string of the molecule is Clc1cc(NCc2ncn[nH]2)nc(C2CC2)n1. The molecule has 1 saturated carbocycles. The molecule has 1 aliphatic carbocycles. The van der Waals surface area contributed by atoms with Crippen molar-refractivity contribution in [3.05, 3.63) is 29.2 Å². The molecule has 1 aliphatic rings. The van der Waals surface area contributed by atoms with E-state index in [-0.39, 0.29) is 0 Å². The summed E-state index contributed by atoms with van der Waals surface area (Å²) in [6.07, 6.45) is 3.78. The average molecular weight is 251 g/mol. The van der Waals surface area contributed by atoms with Crippen LogP contribution < -0.4 is 5.32 Å². The van der Waals surface area contributed by atoms with Crippen LogP contribution in [0.2, 0.25) is 5.15 Å². The highest BCUT2D eigenvalue weighted by Crippen LogP contribution is 2.38. The van der Waals surface area contributed by atoms with Gasteiger partial charge in [0.25, 0.3) is 0 Å². The van der Waals surface area contributed by atoms with Gasteiger partial charge in [-0.3, -0.25) is 5.10 Å². The van der Waals surface area contributed by atoms with Crippen molar-refractivity contribution < 1.29 is 0 Å². The molecule has 0 saturated heterocycles. The van der Waals surface area contributed by atoms with Crippen molar-refractivity contribution in [3.8, 4) is 0 Å². The van der Waals surface area contributed by atoms with Gasteiger partial charge in [-0.2, -0.15) is 5.10 Å². The number of aromatic nitrogens is 5. The number of nitrogens with zero attached hydrogens (tertiary/aromatic N) is 4. The Labute approximate surface area is 103 Å². The molecule has 2 N–H and O–H groups in total. The molecule has 0 atom stereocenters. The first kappa shape index (κ1) is 10.5. The van der Waals surface area contributed by atoms with Crippen LogP contribution >= 0.6 is 11.6 Å². The van der Waals surface area contributed by atoms with Crippen LogP contribution in [0.25, 0.3) is 0 Å². The molecule has 0 aliphatic heterocycles. The average Bonchev–Trinajstić information content (AvgIpc) is 3.04. The zero-order valence-electron chi connectivity index (χ0n) is 9.02. The maximum atomic E-state index is 5.96. The zero-order chi connectivity index (χ0) is 11.7. The second-order valence-corrected chi connectivity index (χ2v) is 4.38. The second kappa shape index (κ2) is 4.29. The zero-order valence-corrected chi connectivity index (χ0v) is 9.78. The summed E-state index contributed by atoms with van der Waals surface area (Å²) < 4.78 is 0. The van der Waals surface area contributed by atoms with Crippen LogP contribution in [0.4, 0.5) is 5.82 Å². The van der Waals surface area contributed by atoms with Gasteiger partial charge in [0, 0.05) is 12.0 Å². The van der Waals surface area contributed by atoms with E-state index in [4.69, 9.17) is 11.6 Å². The third-order valence-corrected chi connectivity index (χ3v) is 2.75. The predicted octanol–water partition coefficient (Wildman–Crippen LogP) is 1.74. The first-order chi connectivity index (χ1) is 8.31. The smallest absolute Gasteiger partial charge is 0.143 e. The lowest BCUT2D eigenvalue weighted by atomic mass is 10.4. The minimum Gasteiger partial charge on any atom is -0.363 e. The highest BCUT2D eigenvalue weighted by Gasteiger charge is 2.27. The van der Waals surface area contributed by atoms with Crippen LogP contribution in [0, 0.1) is 0 Å². The van der Waals surface area contributed by atoms with Crippen LogP contribution in [0.1, 0.15) is 30.4 Å². The fourth-order valence-corrected chi connectivity index (χ4v) is 1.73. The molecule has 0 amide bonds. The molecule has 3 rings (SSSR count). The van der Waals surface area contributed by atoms with E-state index in [1.165, 1.54) is 6.33 Å². The Morgan fingerprint density at radius 2 is 2.29 bits per heavy atom. The van der Waals surface area contributed by atoms with E-state index in [0.717, 1.165) is 30.3 Å². The van der Waals surface area contributed by atoms with E-state index in [1.807, 2.05) is 0 Å². The van der Waals surface area contributed by atoms with E-state index in [9.17, 15) is 0 Å². The second-order valence-electron chi connectivity index (χ2n) is 3.99. The highest BCUT2D eigenvalue weighted by molar-refractivity contribution is 6.29. The van der Waals surface area contributed by atoms with Gasteiger partial charge in [0.1, 0.15) is 28.9 Å². The molecule has 2 aromatic rings. The molecular formula is C10H11ClN6. The largest absolute Gasteiger partial charge is 0.363 e. The molecule has 7 heteroatoms. The fourth-order valence-electron chi connectivity index (χ4n) is 1.54. The van der Waals surface area contributed by atoms with Crippen molar-refractivity contribution in [2.45, 2.75) is 25.3 Å². The van der Waals surface area contributed by atoms with Crippen LogP contribution in [0.15, 0.2) is 12.4 Å². The van der Waals surface area contributed by atoms with Gasteiger partial charge in [0.2, 0.25) is 0 Å². The molecule has 2 heterocycles. The fraction of sp³-hybridized carbons (Fsp3) is 0.400. The number of aromatic amines is 1. The number of H-pyrrole nitrogens is 1. The van der Waals surface area contributed by atoms with E-state index in [0.29, 0.717) is 17.6 Å². The Morgan fingerprint density at radius 3 is 3.00 bits per heavy atom. The van der Waals surface area contributed by atoms with E-state index in [1.54, 1.807) is 6.07 Å². The maximum Gasteiger partial charge on any atom is 0.143 e. The van der Waals surface area contributed by atoms with Gasteiger partial charge in [-0.25, -0.2) is 15.0 Å². The number of hydrogen-bond acceptors (Lipinski definition) is 5. The molecule has 0 spiro atoms. The van der Waals surface area contributed by atoms with E-state index in [2.05, 4.69) is 30.5 Å². The first-order valence-electron chi connectivity index (χ1n) is 5.44. The Kier molecular flexibility index (Phi) is 2.64. The number of rotatable bonds is 4. The van der Waals surface area contributed by atoms with Gasteiger partial charge in [-0.05, 0) is 12.8 Å². The molecule has 6 nitrogen and oxygen atoms in total. The molecule has 0 radical (unpaired) electrons. The first-order valence-corrected chi connectivity index (χ1v) is 5.81. The third-order valence-electron chi connectivity index (χ3n) is 2.56. The minimum absolute atomic E-state index is 0.474. The molecule has 1 fully saturated rings. The number of halogens is 1. The summed E-state index contributed by atoms with van der Waals surface area (Å²) in [4.78, 5) is 12.7. The lowest BCUT2D eigenvalue weighted by Crippen LogP contribution is -2.05. The summed E-state index contributed by atoms with van der Waals surface area (Å²) >= 11 is 5.96. The molecule has 17 heavy (non-hydrogen) atoms. The topological polar surface area (TPSA) is 79.4 Å². The van der Waals surface area contributed by atoms with Crippen LogP contribution in [0.5, 0.6) is 0 Å². The molecular weight excluding hydrogens is 240 g/mol. The maximum absolute atomic E-state index is 5.96. The summed E-state index contributed by atoms with van der Waals surface area (Å²) in [5, 5.41) is 10.2. The lowest BCUT2D eigenvalue weighted by molar-refractivity contribution is 0.904. The summed E-state index contributed by atoms with van der Waals surface area (Å²) in [5.74, 6) is 2.80. The third kappa shape index (κ3) is 2.52. The predicted molar refractivity (Wildman–Crippen MR) is 62.7 cm³/mol.